The molecule has 3 unspecified atom stereocenters. The van der Waals surface area contributed by atoms with Crippen molar-refractivity contribution in [3.63, 3.8) is 0 Å². The van der Waals surface area contributed by atoms with Gasteiger partial charge in [-0.05, 0) is 31.4 Å². The summed E-state index contributed by atoms with van der Waals surface area (Å²) >= 11 is 0. The quantitative estimate of drug-likeness (QED) is 0.428. The molecule has 0 amide bonds. The van der Waals surface area contributed by atoms with Crippen molar-refractivity contribution in [3.8, 4) is 0 Å². The average Bonchev–Trinajstić information content (AvgIpc) is 2.56. The van der Waals surface area contributed by atoms with E-state index in [0.29, 0.717) is 24.6 Å². The summed E-state index contributed by atoms with van der Waals surface area (Å²) in [6, 6.07) is 4.45. The number of nitrogens with zero attached hydrogens (tertiary/aromatic N) is 2. The largest absolute Gasteiger partial charge is 0.377 e. The summed E-state index contributed by atoms with van der Waals surface area (Å²) in [5.74, 6) is 1.44. The van der Waals surface area contributed by atoms with Crippen LogP contribution in [0.3, 0.4) is 0 Å². The topological polar surface area (TPSA) is 58.5 Å². The van der Waals surface area contributed by atoms with Crippen molar-refractivity contribution in [2.24, 2.45) is 16.3 Å². The number of guanidine groups is 1. The van der Waals surface area contributed by atoms with Gasteiger partial charge >= 0.3 is 0 Å². The lowest BCUT2D eigenvalue weighted by atomic mass is 9.55. The number of aromatic nitrogens is 1. The van der Waals surface area contributed by atoms with Crippen molar-refractivity contribution in [2.45, 2.75) is 52.3 Å². The van der Waals surface area contributed by atoms with Crippen molar-refractivity contribution in [2.75, 3.05) is 13.7 Å². The molecule has 1 aliphatic heterocycles. The molecule has 1 saturated heterocycles. The molecule has 1 saturated carbocycles. The van der Waals surface area contributed by atoms with Gasteiger partial charge in [0.15, 0.2) is 5.96 Å². The van der Waals surface area contributed by atoms with Crippen LogP contribution in [0.15, 0.2) is 23.3 Å². The zero-order valence-corrected chi connectivity index (χ0v) is 17.3. The van der Waals surface area contributed by atoms with Crippen LogP contribution in [0.2, 0.25) is 0 Å². The summed E-state index contributed by atoms with van der Waals surface area (Å²) in [4.78, 5) is 8.81. The first-order chi connectivity index (χ1) is 11.0. The number of nitrogens with one attached hydrogen (secondary N) is 2. The zero-order chi connectivity index (χ0) is 16.4. The summed E-state index contributed by atoms with van der Waals surface area (Å²) < 4.78 is 5.97. The first-order valence-corrected chi connectivity index (χ1v) is 8.53. The maximum absolute atomic E-state index is 5.97. The fourth-order valence-electron chi connectivity index (χ4n) is 4.03. The van der Waals surface area contributed by atoms with Gasteiger partial charge in [0.25, 0.3) is 0 Å². The number of pyridine rings is 1. The Morgan fingerprint density at radius 2 is 2.25 bits per heavy atom. The van der Waals surface area contributed by atoms with Crippen LogP contribution >= 0.6 is 24.0 Å². The predicted octanol–water partition coefficient (Wildman–Crippen LogP) is 2.88. The van der Waals surface area contributed by atoms with E-state index in [1.807, 2.05) is 19.3 Å². The molecule has 5 nitrogen and oxygen atoms in total. The number of aliphatic imine (C=N–C) groups is 1. The van der Waals surface area contributed by atoms with Crippen molar-refractivity contribution in [3.05, 3.63) is 29.6 Å². The molecule has 24 heavy (non-hydrogen) atoms. The van der Waals surface area contributed by atoms with Gasteiger partial charge in [0, 0.05) is 37.2 Å². The maximum atomic E-state index is 5.97. The molecule has 6 heteroatoms. The monoisotopic (exact) mass is 444 g/mol. The molecule has 3 rings (SSSR count). The molecule has 0 radical (unpaired) electrons. The number of hydrogen-bond acceptors (Lipinski definition) is 3. The number of hydrogen-bond donors (Lipinski definition) is 2. The van der Waals surface area contributed by atoms with Gasteiger partial charge in [0.1, 0.15) is 0 Å². The predicted molar refractivity (Wildman–Crippen MR) is 108 cm³/mol. The minimum absolute atomic E-state index is 0. The Hall–Kier alpha value is -0.890. The van der Waals surface area contributed by atoms with Crippen LogP contribution in [0.5, 0.6) is 0 Å². The van der Waals surface area contributed by atoms with Crippen LogP contribution in [0.1, 0.15) is 37.9 Å². The van der Waals surface area contributed by atoms with E-state index in [0.717, 1.165) is 24.7 Å². The van der Waals surface area contributed by atoms with Crippen LogP contribution in [-0.2, 0) is 11.3 Å². The van der Waals surface area contributed by atoms with E-state index < -0.39 is 0 Å². The summed E-state index contributed by atoms with van der Waals surface area (Å²) in [5.41, 5.74) is 2.39. The Morgan fingerprint density at radius 3 is 2.96 bits per heavy atom. The van der Waals surface area contributed by atoms with Gasteiger partial charge < -0.3 is 15.4 Å². The fourth-order valence-corrected chi connectivity index (χ4v) is 4.03. The third-order valence-corrected chi connectivity index (χ3v) is 5.39. The van der Waals surface area contributed by atoms with Gasteiger partial charge in [-0.2, -0.15) is 0 Å². The lowest BCUT2D eigenvalue weighted by Gasteiger charge is -2.60. The summed E-state index contributed by atoms with van der Waals surface area (Å²) in [7, 11) is 1.82. The van der Waals surface area contributed by atoms with Crippen LogP contribution in [0.25, 0.3) is 0 Å². The van der Waals surface area contributed by atoms with E-state index in [1.165, 1.54) is 12.0 Å². The van der Waals surface area contributed by atoms with E-state index in [2.05, 4.69) is 47.4 Å². The molecule has 0 bridgehead atoms. The highest BCUT2D eigenvalue weighted by atomic mass is 127. The Bertz CT molecular complexity index is 590. The molecule has 1 aliphatic carbocycles. The van der Waals surface area contributed by atoms with E-state index in [-0.39, 0.29) is 29.4 Å². The molecule has 1 aromatic heterocycles. The third-order valence-electron chi connectivity index (χ3n) is 5.39. The van der Waals surface area contributed by atoms with E-state index in [1.54, 1.807) is 0 Å². The Labute approximate surface area is 162 Å². The van der Waals surface area contributed by atoms with Gasteiger partial charge in [-0.1, -0.05) is 19.9 Å². The number of halogens is 1. The van der Waals surface area contributed by atoms with E-state index in [9.17, 15) is 0 Å². The molecule has 3 atom stereocenters. The lowest BCUT2D eigenvalue weighted by molar-refractivity contribution is -0.188. The molecule has 2 fully saturated rings. The Balaban J connectivity index is 0.00000208. The molecule has 134 valence electrons. The lowest BCUT2D eigenvalue weighted by Crippen LogP contribution is -2.71. The average molecular weight is 444 g/mol. The van der Waals surface area contributed by atoms with Crippen LogP contribution in [0, 0.1) is 18.3 Å². The second-order valence-electron chi connectivity index (χ2n) is 7.23. The van der Waals surface area contributed by atoms with Crippen molar-refractivity contribution in [1.82, 2.24) is 15.6 Å². The molecule has 2 heterocycles. The van der Waals surface area contributed by atoms with Gasteiger partial charge in [0.2, 0.25) is 0 Å². The molecule has 1 aromatic rings. The zero-order valence-electron chi connectivity index (χ0n) is 15.0. The van der Waals surface area contributed by atoms with Crippen molar-refractivity contribution in [1.29, 1.82) is 0 Å². The highest BCUT2D eigenvalue weighted by molar-refractivity contribution is 14.0. The van der Waals surface area contributed by atoms with E-state index in [4.69, 9.17) is 4.74 Å². The standard InChI is InChI=1S/C18H28N4O.HI/c1-12-7-5-9-20-14(12)11-21-17(19-4)22-15-13-8-6-10-23-16(13)18(15,2)3;/h5,7,9,13,15-16H,6,8,10-11H2,1-4H3,(H2,19,21,22);1H. The smallest absolute Gasteiger partial charge is 0.191 e. The molecule has 0 aromatic carbocycles. The first kappa shape index (κ1) is 19.4. The highest BCUT2D eigenvalue weighted by Gasteiger charge is 2.58. The maximum Gasteiger partial charge on any atom is 0.191 e. The van der Waals surface area contributed by atoms with Gasteiger partial charge in [-0.3, -0.25) is 9.98 Å². The number of ether oxygens (including phenoxy) is 1. The first-order valence-electron chi connectivity index (χ1n) is 8.53. The van der Waals surface area contributed by atoms with Gasteiger partial charge in [-0.25, -0.2) is 0 Å². The minimum Gasteiger partial charge on any atom is -0.377 e. The number of aryl methyl sites for hydroxylation is 1. The van der Waals surface area contributed by atoms with Crippen molar-refractivity contribution >= 4 is 29.9 Å². The SMILES string of the molecule is CN=C(NCc1ncccc1C)NC1C2CCCOC2C1(C)C.I. The molecule has 2 N–H and O–H groups in total. The highest BCUT2D eigenvalue weighted by Crippen LogP contribution is 2.51. The van der Waals surface area contributed by atoms with Gasteiger partial charge in [-0.15, -0.1) is 24.0 Å². The second kappa shape index (κ2) is 7.99. The normalized spacial score (nSPS) is 28.2. The number of rotatable bonds is 3. The molecular formula is C18H29IN4O. The van der Waals surface area contributed by atoms with Crippen LogP contribution < -0.4 is 10.6 Å². The van der Waals surface area contributed by atoms with Crippen LogP contribution in [0.4, 0.5) is 0 Å². The number of fused-ring (bicyclic) bond motifs is 1. The van der Waals surface area contributed by atoms with Crippen LogP contribution in [-0.4, -0.2) is 36.7 Å². The summed E-state index contributed by atoms with van der Waals surface area (Å²) in [5, 5.41) is 7.01. The third kappa shape index (κ3) is 3.69. The second-order valence-corrected chi connectivity index (χ2v) is 7.23. The summed E-state index contributed by atoms with van der Waals surface area (Å²) in [6.45, 7) is 8.24. The fraction of sp³-hybridized carbons (Fsp3) is 0.667. The molecular weight excluding hydrogens is 415 g/mol. The molecule has 0 spiro atoms. The minimum atomic E-state index is 0. The Morgan fingerprint density at radius 1 is 1.46 bits per heavy atom. The van der Waals surface area contributed by atoms with E-state index >= 15 is 0 Å². The molecule has 2 aliphatic rings. The summed E-state index contributed by atoms with van der Waals surface area (Å²) in [6.07, 6.45) is 4.61. The van der Waals surface area contributed by atoms with Gasteiger partial charge in [0.05, 0.1) is 18.3 Å². The van der Waals surface area contributed by atoms with Crippen molar-refractivity contribution < 1.29 is 4.74 Å². The Kier molecular flexibility index (Phi) is 6.47.